The van der Waals surface area contributed by atoms with Crippen LogP contribution in [-0.4, -0.2) is 35.1 Å². The molecule has 0 fully saturated rings. The number of carboxylic acid groups (broad SMARTS) is 1. The summed E-state index contributed by atoms with van der Waals surface area (Å²) in [5.41, 5.74) is 0.180. The molecule has 17 heavy (non-hydrogen) atoms. The largest absolute Gasteiger partial charge is 0.481 e. The molecule has 1 unspecified atom stereocenters. The Morgan fingerprint density at radius 3 is 1.94 bits per heavy atom. The molecule has 0 aromatic rings. The van der Waals surface area contributed by atoms with Crippen LogP contribution in [0.3, 0.4) is 0 Å². The maximum absolute atomic E-state index is 11.0. The van der Waals surface area contributed by atoms with Crippen LogP contribution in [0.2, 0.25) is 0 Å². The van der Waals surface area contributed by atoms with Gasteiger partial charge in [-0.3, -0.25) is 9.69 Å². The van der Waals surface area contributed by atoms with E-state index in [0.717, 1.165) is 32.4 Å². The molecule has 0 aromatic carbocycles. The monoisotopic (exact) mass is 243 g/mol. The topological polar surface area (TPSA) is 40.5 Å². The fourth-order valence-corrected chi connectivity index (χ4v) is 2.29. The molecule has 0 radical (unpaired) electrons. The van der Waals surface area contributed by atoms with E-state index >= 15 is 0 Å². The highest BCUT2D eigenvalue weighted by Gasteiger charge is 2.25. The molecule has 0 aliphatic heterocycles. The highest BCUT2D eigenvalue weighted by molar-refractivity contribution is 5.67. The minimum absolute atomic E-state index is 0.174. The molecular weight excluding hydrogens is 214 g/mol. The molecule has 1 atom stereocenters. The van der Waals surface area contributed by atoms with Crippen LogP contribution >= 0.6 is 0 Å². The van der Waals surface area contributed by atoms with Crippen LogP contribution in [0.15, 0.2) is 0 Å². The summed E-state index contributed by atoms with van der Waals surface area (Å²) >= 11 is 0. The Hall–Kier alpha value is -0.570. The Bertz CT molecular complexity index is 215. The van der Waals surface area contributed by atoms with Gasteiger partial charge < -0.3 is 5.11 Å². The maximum Gasteiger partial charge on any atom is 0.304 e. The summed E-state index contributed by atoms with van der Waals surface area (Å²) in [7, 11) is 0. The van der Waals surface area contributed by atoms with Crippen molar-refractivity contribution in [3.63, 3.8) is 0 Å². The van der Waals surface area contributed by atoms with Crippen LogP contribution in [0.1, 0.15) is 60.3 Å². The van der Waals surface area contributed by atoms with Crippen molar-refractivity contribution < 1.29 is 9.90 Å². The highest BCUT2D eigenvalue weighted by atomic mass is 16.4. The van der Waals surface area contributed by atoms with E-state index in [2.05, 4.69) is 39.5 Å². The fraction of sp³-hybridized carbons (Fsp3) is 0.929. The summed E-state index contributed by atoms with van der Waals surface area (Å²) in [4.78, 5) is 13.3. The zero-order valence-corrected chi connectivity index (χ0v) is 12.1. The molecule has 102 valence electrons. The Balaban J connectivity index is 4.65. The summed E-state index contributed by atoms with van der Waals surface area (Å²) < 4.78 is 0. The van der Waals surface area contributed by atoms with Gasteiger partial charge in [0.1, 0.15) is 0 Å². The molecular formula is C14H29NO2. The van der Waals surface area contributed by atoms with Crippen LogP contribution in [-0.2, 0) is 4.79 Å². The molecule has 0 aliphatic rings. The van der Waals surface area contributed by atoms with Crippen molar-refractivity contribution >= 4 is 5.97 Å². The molecule has 0 aromatic heterocycles. The normalized spacial score (nSPS) is 14.0. The Morgan fingerprint density at radius 2 is 1.65 bits per heavy atom. The van der Waals surface area contributed by atoms with Gasteiger partial charge in [-0.1, -0.05) is 34.6 Å². The van der Waals surface area contributed by atoms with Gasteiger partial charge in [-0.25, -0.2) is 0 Å². The second kappa shape index (κ2) is 7.70. The van der Waals surface area contributed by atoms with E-state index < -0.39 is 5.97 Å². The van der Waals surface area contributed by atoms with Gasteiger partial charge in [-0.2, -0.15) is 0 Å². The van der Waals surface area contributed by atoms with Crippen molar-refractivity contribution in [2.45, 2.75) is 66.3 Å². The number of rotatable bonds is 8. The zero-order chi connectivity index (χ0) is 13.5. The van der Waals surface area contributed by atoms with Gasteiger partial charge in [-0.05, 0) is 37.8 Å². The third-order valence-corrected chi connectivity index (χ3v) is 2.80. The van der Waals surface area contributed by atoms with E-state index in [4.69, 9.17) is 5.11 Å². The first-order chi connectivity index (χ1) is 7.80. The van der Waals surface area contributed by atoms with Crippen molar-refractivity contribution in [2.75, 3.05) is 13.1 Å². The first-order valence-electron chi connectivity index (χ1n) is 6.76. The summed E-state index contributed by atoms with van der Waals surface area (Å²) in [5.74, 6) is -0.684. The number of hydrogen-bond donors (Lipinski definition) is 1. The number of nitrogens with zero attached hydrogens (tertiary/aromatic N) is 1. The predicted molar refractivity (Wildman–Crippen MR) is 72.3 cm³/mol. The molecule has 0 saturated heterocycles. The number of carboxylic acids is 1. The minimum atomic E-state index is -0.684. The average molecular weight is 243 g/mol. The molecule has 0 rings (SSSR count). The van der Waals surface area contributed by atoms with Crippen LogP contribution < -0.4 is 0 Å². The van der Waals surface area contributed by atoms with E-state index in [0.29, 0.717) is 0 Å². The van der Waals surface area contributed by atoms with Crippen molar-refractivity contribution in [3.8, 4) is 0 Å². The van der Waals surface area contributed by atoms with Gasteiger partial charge in [0, 0.05) is 6.04 Å². The molecule has 3 heteroatoms. The van der Waals surface area contributed by atoms with E-state index in [1.165, 1.54) is 0 Å². The summed E-state index contributed by atoms with van der Waals surface area (Å²) in [6.45, 7) is 12.8. The van der Waals surface area contributed by atoms with Crippen LogP contribution in [0.5, 0.6) is 0 Å². The van der Waals surface area contributed by atoms with E-state index in [9.17, 15) is 4.79 Å². The first kappa shape index (κ1) is 16.4. The highest BCUT2D eigenvalue weighted by Crippen LogP contribution is 2.25. The predicted octanol–water partition coefficient (Wildman–Crippen LogP) is 3.39. The third-order valence-electron chi connectivity index (χ3n) is 2.80. The van der Waals surface area contributed by atoms with Crippen molar-refractivity contribution in [3.05, 3.63) is 0 Å². The SMILES string of the molecule is CCCN(CCC)C(CC(=O)O)CC(C)(C)C. The van der Waals surface area contributed by atoms with Crippen LogP contribution in [0.25, 0.3) is 0 Å². The Labute approximate surface area is 106 Å². The first-order valence-corrected chi connectivity index (χ1v) is 6.76. The molecule has 0 heterocycles. The van der Waals surface area contributed by atoms with Gasteiger partial charge in [-0.15, -0.1) is 0 Å². The second-order valence-corrected chi connectivity index (χ2v) is 6.05. The Kier molecular flexibility index (Phi) is 7.44. The molecule has 0 saturated carbocycles. The van der Waals surface area contributed by atoms with Gasteiger partial charge in [0.05, 0.1) is 6.42 Å². The number of aliphatic carboxylic acids is 1. The molecule has 0 aliphatic carbocycles. The lowest BCUT2D eigenvalue weighted by Crippen LogP contribution is -2.40. The van der Waals surface area contributed by atoms with E-state index in [-0.39, 0.29) is 17.9 Å². The van der Waals surface area contributed by atoms with Crippen LogP contribution in [0, 0.1) is 5.41 Å². The quantitative estimate of drug-likeness (QED) is 0.710. The zero-order valence-electron chi connectivity index (χ0n) is 12.1. The lowest BCUT2D eigenvalue weighted by Gasteiger charge is -2.34. The lowest BCUT2D eigenvalue weighted by molar-refractivity contribution is -0.138. The van der Waals surface area contributed by atoms with E-state index in [1.807, 2.05) is 0 Å². The van der Waals surface area contributed by atoms with Gasteiger partial charge in [0.2, 0.25) is 0 Å². The van der Waals surface area contributed by atoms with Gasteiger partial charge in [0.15, 0.2) is 0 Å². The lowest BCUT2D eigenvalue weighted by atomic mass is 9.86. The Morgan fingerprint density at radius 1 is 1.18 bits per heavy atom. The van der Waals surface area contributed by atoms with Gasteiger partial charge >= 0.3 is 5.97 Å². The maximum atomic E-state index is 11.0. The molecule has 1 N–H and O–H groups in total. The smallest absolute Gasteiger partial charge is 0.304 e. The van der Waals surface area contributed by atoms with Crippen molar-refractivity contribution in [1.82, 2.24) is 4.90 Å². The molecule has 3 nitrogen and oxygen atoms in total. The third kappa shape index (κ3) is 8.19. The van der Waals surface area contributed by atoms with Crippen molar-refractivity contribution in [1.29, 1.82) is 0 Å². The summed E-state index contributed by atoms with van der Waals surface area (Å²) in [6, 6.07) is 0.174. The van der Waals surface area contributed by atoms with Crippen LogP contribution in [0.4, 0.5) is 0 Å². The summed E-state index contributed by atoms with van der Waals surface area (Å²) in [6.07, 6.45) is 3.37. The van der Waals surface area contributed by atoms with E-state index in [1.54, 1.807) is 0 Å². The fourth-order valence-electron chi connectivity index (χ4n) is 2.29. The minimum Gasteiger partial charge on any atom is -0.481 e. The standard InChI is InChI=1S/C14H29NO2/c1-6-8-15(9-7-2)12(10-13(16)17)11-14(3,4)5/h12H,6-11H2,1-5H3,(H,16,17). The number of hydrogen-bond acceptors (Lipinski definition) is 2. The van der Waals surface area contributed by atoms with Gasteiger partial charge in [0.25, 0.3) is 0 Å². The average Bonchev–Trinajstić information content (AvgIpc) is 2.13. The van der Waals surface area contributed by atoms with Crippen molar-refractivity contribution in [2.24, 2.45) is 5.41 Å². The number of carbonyl (C=O) groups is 1. The second-order valence-electron chi connectivity index (χ2n) is 6.05. The molecule has 0 bridgehead atoms. The molecule has 0 spiro atoms. The summed E-state index contributed by atoms with van der Waals surface area (Å²) in [5, 5.41) is 9.04. The molecule has 0 amide bonds.